The van der Waals surface area contributed by atoms with Gasteiger partial charge in [-0.05, 0) is 12.8 Å². The van der Waals surface area contributed by atoms with Gasteiger partial charge in [0.1, 0.15) is 0 Å². The predicted molar refractivity (Wildman–Crippen MR) is 80.5 cm³/mol. The van der Waals surface area contributed by atoms with E-state index in [0.29, 0.717) is 19.4 Å². The SMILES string of the molecule is COc1cc(F)c(NC(=O)N2CCCC(C(=O)O)C2)cc1OC. The van der Waals surface area contributed by atoms with Crippen LogP contribution >= 0.6 is 0 Å². The normalized spacial score (nSPS) is 17.5. The van der Waals surface area contributed by atoms with E-state index in [2.05, 4.69) is 5.32 Å². The second kappa shape index (κ2) is 7.17. The molecular weight excluding hydrogens is 307 g/mol. The number of anilines is 1. The van der Waals surface area contributed by atoms with E-state index in [0.717, 1.165) is 6.07 Å². The monoisotopic (exact) mass is 326 g/mol. The second-order valence-electron chi connectivity index (χ2n) is 5.24. The third kappa shape index (κ3) is 3.82. The molecule has 1 fully saturated rings. The summed E-state index contributed by atoms with van der Waals surface area (Å²) in [5.74, 6) is -1.69. The van der Waals surface area contributed by atoms with Gasteiger partial charge in [0.2, 0.25) is 0 Å². The molecule has 0 bridgehead atoms. The van der Waals surface area contributed by atoms with E-state index in [1.807, 2.05) is 0 Å². The Balaban J connectivity index is 2.12. The summed E-state index contributed by atoms with van der Waals surface area (Å²) in [5.41, 5.74) is -0.0508. The molecule has 1 atom stereocenters. The number of carbonyl (C=O) groups excluding carboxylic acids is 1. The number of halogens is 1. The summed E-state index contributed by atoms with van der Waals surface area (Å²) < 4.78 is 24.1. The smallest absolute Gasteiger partial charge is 0.321 e. The molecule has 1 aromatic rings. The summed E-state index contributed by atoms with van der Waals surface area (Å²) in [4.78, 5) is 24.6. The third-order valence-corrected chi connectivity index (χ3v) is 3.77. The Kier molecular flexibility index (Phi) is 5.25. The van der Waals surface area contributed by atoms with Gasteiger partial charge in [-0.25, -0.2) is 9.18 Å². The van der Waals surface area contributed by atoms with Crippen LogP contribution in [0.3, 0.4) is 0 Å². The third-order valence-electron chi connectivity index (χ3n) is 3.77. The maximum atomic E-state index is 14.0. The van der Waals surface area contributed by atoms with Crippen LogP contribution in [0.15, 0.2) is 12.1 Å². The quantitative estimate of drug-likeness (QED) is 0.885. The number of likely N-dealkylation sites (tertiary alicyclic amines) is 1. The van der Waals surface area contributed by atoms with E-state index < -0.39 is 23.7 Å². The molecule has 0 saturated carbocycles. The molecule has 8 heteroatoms. The Morgan fingerprint density at radius 2 is 1.96 bits per heavy atom. The van der Waals surface area contributed by atoms with Crippen LogP contribution in [0.25, 0.3) is 0 Å². The first kappa shape index (κ1) is 16.9. The maximum Gasteiger partial charge on any atom is 0.321 e. The van der Waals surface area contributed by atoms with Crippen LogP contribution in [0, 0.1) is 11.7 Å². The fourth-order valence-corrected chi connectivity index (χ4v) is 2.51. The highest BCUT2D eigenvalue weighted by atomic mass is 19.1. The van der Waals surface area contributed by atoms with E-state index in [4.69, 9.17) is 14.6 Å². The van der Waals surface area contributed by atoms with Crippen molar-refractivity contribution >= 4 is 17.7 Å². The molecule has 1 aliphatic rings. The van der Waals surface area contributed by atoms with Crippen molar-refractivity contribution in [3.05, 3.63) is 17.9 Å². The lowest BCUT2D eigenvalue weighted by molar-refractivity contribution is -0.143. The molecule has 7 nitrogen and oxygen atoms in total. The zero-order valence-electron chi connectivity index (χ0n) is 13.0. The number of urea groups is 1. The zero-order chi connectivity index (χ0) is 17.0. The van der Waals surface area contributed by atoms with Crippen LogP contribution in [0.2, 0.25) is 0 Å². The number of benzene rings is 1. The molecular formula is C15H19FN2O5. The number of hydrogen-bond donors (Lipinski definition) is 2. The minimum absolute atomic E-state index is 0.0508. The highest BCUT2D eigenvalue weighted by molar-refractivity contribution is 5.90. The van der Waals surface area contributed by atoms with Crippen LogP contribution < -0.4 is 14.8 Å². The molecule has 1 aliphatic heterocycles. The van der Waals surface area contributed by atoms with Crippen molar-refractivity contribution in [1.29, 1.82) is 0 Å². The molecule has 2 amide bonds. The fourth-order valence-electron chi connectivity index (χ4n) is 2.51. The summed E-state index contributed by atoms with van der Waals surface area (Å²) in [7, 11) is 2.79. The van der Waals surface area contributed by atoms with Gasteiger partial charge < -0.3 is 24.8 Å². The van der Waals surface area contributed by atoms with E-state index in [1.54, 1.807) is 0 Å². The number of ether oxygens (including phenoxy) is 2. The van der Waals surface area contributed by atoms with Gasteiger partial charge in [-0.15, -0.1) is 0 Å². The van der Waals surface area contributed by atoms with Crippen molar-refractivity contribution in [1.82, 2.24) is 4.90 Å². The molecule has 0 radical (unpaired) electrons. The van der Waals surface area contributed by atoms with Crippen LogP contribution in [0.1, 0.15) is 12.8 Å². The van der Waals surface area contributed by atoms with Crippen LogP contribution in [0.4, 0.5) is 14.9 Å². The second-order valence-corrected chi connectivity index (χ2v) is 5.24. The van der Waals surface area contributed by atoms with Gasteiger partial charge in [-0.1, -0.05) is 0 Å². The number of hydrogen-bond acceptors (Lipinski definition) is 4. The summed E-state index contributed by atoms with van der Waals surface area (Å²) >= 11 is 0. The highest BCUT2D eigenvalue weighted by Gasteiger charge is 2.28. The molecule has 1 unspecified atom stereocenters. The first-order valence-corrected chi connectivity index (χ1v) is 7.16. The highest BCUT2D eigenvalue weighted by Crippen LogP contribution is 2.32. The van der Waals surface area contributed by atoms with Crippen molar-refractivity contribution in [2.24, 2.45) is 5.92 Å². The minimum Gasteiger partial charge on any atom is -0.493 e. The maximum absolute atomic E-state index is 14.0. The number of methoxy groups -OCH3 is 2. The summed E-state index contributed by atoms with van der Waals surface area (Å²) in [5, 5.41) is 11.5. The number of aliphatic carboxylic acids is 1. The number of piperidine rings is 1. The zero-order valence-corrected chi connectivity index (χ0v) is 13.0. The van der Waals surface area contributed by atoms with E-state index in [-0.39, 0.29) is 23.7 Å². The van der Waals surface area contributed by atoms with Gasteiger partial charge in [-0.2, -0.15) is 0 Å². The Hall–Kier alpha value is -2.51. The van der Waals surface area contributed by atoms with Gasteiger partial charge in [0.05, 0.1) is 25.8 Å². The topological polar surface area (TPSA) is 88.1 Å². The molecule has 0 spiro atoms. The van der Waals surface area contributed by atoms with E-state index in [1.165, 1.54) is 25.2 Å². The molecule has 126 valence electrons. The number of rotatable bonds is 4. The van der Waals surface area contributed by atoms with Crippen LogP contribution in [-0.4, -0.2) is 49.3 Å². The first-order chi connectivity index (χ1) is 11.0. The van der Waals surface area contributed by atoms with Crippen molar-refractivity contribution in [2.45, 2.75) is 12.8 Å². The first-order valence-electron chi connectivity index (χ1n) is 7.16. The average Bonchev–Trinajstić information content (AvgIpc) is 2.56. The lowest BCUT2D eigenvalue weighted by Gasteiger charge is -2.30. The van der Waals surface area contributed by atoms with E-state index >= 15 is 0 Å². The van der Waals surface area contributed by atoms with Crippen LogP contribution in [-0.2, 0) is 4.79 Å². The van der Waals surface area contributed by atoms with E-state index in [9.17, 15) is 14.0 Å². The minimum atomic E-state index is -0.931. The van der Waals surface area contributed by atoms with Crippen molar-refractivity contribution < 1.29 is 28.6 Å². The van der Waals surface area contributed by atoms with Crippen molar-refractivity contribution in [2.75, 3.05) is 32.6 Å². The number of nitrogens with one attached hydrogen (secondary N) is 1. The predicted octanol–water partition coefficient (Wildman–Crippen LogP) is 2.17. The van der Waals surface area contributed by atoms with Gasteiger partial charge >= 0.3 is 12.0 Å². The molecule has 2 N–H and O–H groups in total. The molecule has 2 rings (SSSR count). The molecule has 1 heterocycles. The fraction of sp³-hybridized carbons (Fsp3) is 0.467. The molecule has 0 aromatic heterocycles. The molecule has 1 aromatic carbocycles. The van der Waals surface area contributed by atoms with Gasteiger partial charge in [-0.3, -0.25) is 4.79 Å². The summed E-state index contributed by atoms with van der Waals surface area (Å²) in [6.45, 7) is 0.542. The standard InChI is InChI=1S/C15H19FN2O5/c1-22-12-6-10(16)11(7-13(12)23-2)17-15(21)18-5-3-4-9(8-18)14(19)20/h6-7,9H,3-5,8H2,1-2H3,(H,17,21)(H,19,20). The lowest BCUT2D eigenvalue weighted by Crippen LogP contribution is -2.44. The molecule has 1 saturated heterocycles. The number of nitrogens with zero attached hydrogens (tertiary/aromatic N) is 1. The van der Waals surface area contributed by atoms with Gasteiger partial charge in [0.15, 0.2) is 17.3 Å². The van der Waals surface area contributed by atoms with Crippen molar-refractivity contribution in [3.63, 3.8) is 0 Å². The summed E-state index contributed by atoms with van der Waals surface area (Å²) in [6.07, 6.45) is 1.13. The number of carbonyl (C=O) groups is 2. The number of amides is 2. The lowest BCUT2D eigenvalue weighted by atomic mass is 9.99. The Morgan fingerprint density at radius 3 is 2.57 bits per heavy atom. The van der Waals surface area contributed by atoms with Crippen molar-refractivity contribution in [3.8, 4) is 11.5 Å². The molecule has 0 aliphatic carbocycles. The molecule has 23 heavy (non-hydrogen) atoms. The number of carboxylic acid groups (broad SMARTS) is 1. The Bertz CT molecular complexity index is 608. The van der Waals surface area contributed by atoms with Crippen LogP contribution in [0.5, 0.6) is 11.5 Å². The van der Waals surface area contributed by atoms with Gasteiger partial charge in [0.25, 0.3) is 0 Å². The largest absolute Gasteiger partial charge is 0.493 e. The van der Waals surface area contributed by atoms with Gasteiger partial charge in [0, 0.05) is 25.2 Å². The average molecular weight is 326 g/mol. The number of carboxylic acids is 1. The summed E-state index contributed by atoms with van der Waals surface area (Å²) in [6, 6.07) is 1.90. The Labute approximate surface area is 133 Å². The Morgan fingerprint density at radius 1 is 1.30 bits per heavy atom.